The summed E-state index contributed by atoms with van der Waals surface area (Å²) >= 11 is 0. The molecule has 3 aromatic heterocycles. The highest BCUT2D eigenvalue weighted by molar-refractivity contribution is 6.07. The summed E-state index contributed by atoms with van der Waals surface area (Å²) in [5.41, 5.74) is 5.51. The van der Waals surface area contributed by atoms with Crippen LogP contribution >= 0.6 is 0 Å². The molecule has 0 saturated carbocycles. The topological polar surface area (TPSA) is 108 Å². The molecule has 1 amide bonds. The van der Waals surface area contributed by atoms with E-state index in [0.29, 0.717) is 19.0 Å². The summed E-state index contributed by atoms with van der Waals surface area (Å²) in [6, 6.07) is 10.1. The molecular weight excluding hydrogens is 432 g/mol. The van der Waals surface area contributed by atoms with E-state index in [9.17, 15) is 4.79 Å². The van der Waals surface area contributed by atoms with Crippen LogP contribution in [0.1, 0.15) is 24.8 Å². The van der Waals surface area contributed by atoms with E-state index in [-0.39, 0.29) is 19.3 Å². The number of hydrogen-bond acceptors (Lipinski definition) is 6. The number of pyridine rings is 1. The normalized spacial score (nSPS) is 14.7. The fourth-order valence-electron chi connectivity index (χ4n) is 4.78. The van der Waals surface area contributed by atoms with Gasteiger partial charge in [0.1, 0.15) is 17.8 Å². The molecule has 1 fully saturated rings. The Bertz CT molecular complexity index is 1320. The summed E-state index contributed by atoms with van der Waals surface area (Å²) in [5, 5.41) is 13.2. The summed E-state index contributed by atoms with van der Waals surface area (Å²) in [7, 11) is 3.82. The van der Waals surface area contributed by atoms with Crippen molar-refractivity contribution >= 4 is 34.0 Å². The molecule has 1 aromatic carbocycles. The number of fused-ring (bicyclic) bond motifs is 3. The molecule has 0 aliphatic carbocycles. The number of amides is 1. The third-order valence-corrected chi connectivity index (χ3v) is 6.68. The first kappa shape index (κ1) is 22.2. The highest BCUT2D eigenvalue weighted by Gasteiger charge is 2.23. The lowest BCUT2D eigenvalue weighted by atomic mass is 9.94. The summed E-state index contributed by atoms with van der Waals surface area (Å²) in [6.07, 6.45) is 4.16. The highest BCUT2D eigenvalue weighted by atomic mass is 16.6. The zero-order chi connectivity index (χ0) is 23.7. The number of aryl methyl sites for hydroxylation is 1. The number of aliphatic hydroxyl groups is 1. The number of carbonyl (C=O) groups excluding carboxylic acids is 1. The van der Waals surface area contributed by atoms with Crippen LogP contribution < -0.4 is 5.32 Å². The quantitative estimate of drug-likeness (QED) is 0.401. The summed E-state index contributed by atoms with van der Waals surface area (Å²) in [5.74, 6) is 1.23. The number of anilines is 1. The molecule has 1 aliphatic rings. The number of ether oxygens (including phenoxy) is 1. The Balaban J connectivity index is 1.32. The lowest BCUT2D eigenvalue weighted by molar-refractivity contribution is 0.0795. The predicted octanol–water partition coefficient (Wildman–Crippen LogP) is 3.89. The van der Waals surface area contributed by atoms with Crippen molar-refractivity contribution in [2.24, 2.45) is 13.0 Å². The third-order valence-electron chi connectivity index (χ3n) is 6.68. The largest absolute Gasteiger partial charge is 0.445 e. The number of aromatic amines is 1. The van der Waals surface area contributed by atoms with Gasteiger partial charge in [-0.2, -0.15) is 0 Å². The molecule has 0 spiro atoms. The van der Waals surface area contributed by atoms with E-state index in [1.54, 1.807) is 11.2 Å². The Morgan fingerprint density at radius 2 is 2.12 bits per heavy atom. The molecule has 1 saturated heterocycles. The minimum atomic E-state index is -0.277. The van der Waals surface area contributed by atoms with Crippen LogP contribution in [0, 0.1) is 5.92 Å². The minimum Gasteiger partial charge on any atom is -0.445 e. The second-order valence-corrected chi connectivity index (χ2v) is 8.91. The molecule has 4 heterocycles. The number of carbonyl (C=O) groups is 1. The van der Waals surface area contributed by atoms with Gasteiger partial charge >= 0.3 is 6.09 Å². The summed E-state index contributed by atoms with van der Waals surface area (Å²) in [4.78, 5) is 26.9. The molecule has 0 unspecified atom stereocenters. The molecule has 34 heavy (non-hydrogen) atoms. The number of likely N-dealkylation sites (tertiary alicyclic amines) is 1. The van der Waals surface area contributed by atoms with Crippen LogP contribution in [0.15, 0.2) is 36.7 Å². The zero-order valence-corrected chi connectivity index (χ0v) is 19.5. The van der Waals surface area contributed by atoms with E-state index in [0.717, 1.165) is 64.0 Å². The number of rotatable bonds is 6. The molecule has 4 aromatic rings. The van der Waals surface area contributed by atoms with Gasteiger partial charge in [0.25, 0.3) is 0 Å². The van der Waals surface area contributed by atoms with Crippen LogP contribution in [0.4, 0.5) is 10.6 Å². The van der Waals surface area contributed by atoms with Gasteiger partial charge in [-0.25, -0.2) is 14.8 Å². The van der Waals surface area contributed by atoms with E-state index in [1.807, 2.05) is 42.9 Å². The van der Waals surface area contributed by atoms with Crippen molar-refractivity contribution in [3.05, 3.63) is 42.2 Å². The van der Waals surface area contributed by atoms with Gasteiger partial charge in [0.05, 0.1) is 11.8 Å². The van der Waals surface area contributed by atoms with Crippen LogP contribution in [0.3, 0.4) is 0 Å². The Morgan fingerprint density at radius 3 is 2.88 bits per heavy atom. The van der Waals surface area contributed by atoms with Crippen LogP contribution in [0.5, 0.6) is 0 Å². The van der Waals surface area contributed by atoms with Crippen molar-refractivity contribution in [2.45, 2.75) is 25.9 Å². The van der Waals surface area contributed by atoms with Gasteiger partial charge in [0.2, 0.25) is 0 Å². The maximum atomic E-state index is 12.5. The van der Waals surface area contributed by atoms with Crippen molar-refractivity contribution in [3.8, 4) is 11.3 Å². The fourth-order valence-corrected chi connectivity index (χ4v) is 4.78. The van der Waals surface area contributed by atoms with Crippen molar-refractivity contribution in [1.82, 2.24) is 24.4 Å². The van der Waals surface area contributed by atoms with Crippen LogP contribution in [0.2, 0.25) is 0 Å². The van der Waals surface area contributed by atoms with Crippen molar-refractivity contribution in [1.29, 1.82) is 0 Å². The van der Waals surface area contributed by atoms with Gasteiger partial charge in [-0.3, -0.25) is 0 Å². The van der Waals surface area contributed by atoms with Gasteiger partial charge in [0.15, 0.2) is 5.82 Å². The highest BCUT2D eigenvalue weighted by Crippen LogP contribution is 2.32. The Labute approximate surface area is 197 Å². The standard InChI is InChI=1S/C25H30N6O3/c1-26-24-21-22(30(2)15-27-21)19-13-20(28-23(19)29-24)18-5-3-4-17(12-18)14-34-25(33)31-9-6-16(7-10-31)8-11-32/h3-5,12-13,15-16,32H,6-11,14H2,1-2H3,(H2,26,28,29). The zero-order valence-electron chi connectivity index (χ0n) is 19.5. The SMILES string of the molecule is CNc1nc2[nH]c(-c3cccc(COC(=O)N4CCC(CCO)CC4)c3)cc2c2c1ncn2C. The number of hydrogen-bond donors (Lipinski definition) is 3. The van der Waals surface area contributed by atoms with Crippen LogP contribution in [-0.2, 0) is 18.4 Å². The van der Waals surface area contributed by atoms with E-state index >= 15 is 0 Å². The third kappa shape index (κ3) is 4.19. The predicted molar refractivity (Wildman–Crippen MR) is 132 cm³/mol. The van der Waals surface area contributed by atoms with Crippen molar-refractivity contribution in [3.63, 3.8) is 0 Å². The molecule has 0 atom stereocenters. The lowest BCUT2D eigenvalue weighted by Gasteiger charge is -2.31. The minimum absolute atomic E-state index is 0.210. The average molecular weight is 463 g/mol. The molecule has 9 heteroatoms. The summed E-state index contributed by atoms with van der Waals surface area (Å²) < 4.78 is 7.60. The van der Waals surface area contributed by atoms with Gasteiger partial charge < -0.3 is 29.6 Å². The van der Waals surface area contributed by atoms with Crippen molar-refractivity contribution in [2.75, 3.05) is 32.1 Å². The molecule has 1 aliphatic heterocycles. The van der Waals surface area contributed by atoms with E-state index in [4.69, 9.17) is 14.8 Å². The first-order chi connectivity index (χ1) is 16.6. The Hall–Kier alpha value is -3.59. The Kier molecular flexibility index (Phi) is 6.10. The fraction of sp³-hybridized carbons (Fsp3) is 0.400. The van der Waals surface area contributed by atoms with Gasteiger partial charge in [-0.05, 0) is 48.4 Å². The molecule has 0 bridgehead atoms. The number of imidazole rings is 1. The number of nitrogens with one attached hydrogen (secondary N) is 2. The second-order valence-electron chi connectivity index (χ2n) is 8.91. The molecule has 0 radical (unpaired) electrons. The monoisotopic (exact) mass is 462 g/mol. The lowest BCUT2D eigenvalue weighted by Crippen LogP contribution is -2.38. The Morgan fingerprint density at radius 1 is 1.29 bits per heavy atom. The summed E-state index contributed by atoms with van der Waals surface area (Å²) in [6.45, 7) is 1.80. The number of H-pyrrole nitrogens is 1. The number of aromatic nitrogens is 4. The number of benzene rings is 1. The molecule has 3 N–H and O–H groups in total. The molecular formula is C25H30N6O3. The van der Waals surface area contributed by atoms with Crippen molar-refractivity contribution < 1.29 is 14.6 Å². The maximum absolute atomic E-state index is 12.5. The van der Waals surface area contributed by atoms with Crippen LogP contribution in [-0.4, -0.2) is 62.4 Å². The maximum Gasteiger partial charge on any atom is 0.410 e. The van der Waals surface area contributed by atoms with Gasteiger partial charge in [-0.15, -0.1) is 0 Å². The van der Waals surface area contributed by atoms with Crippen LogP contribution in [0.25, 0.3) is 33.3 Å². The first-order valence-electron chi connectivity index (χ1n) is 11.7. The second kappa shape index (κ2) is 9.34. The average Bonchev–Trinajstić information content (AvgIpc) is 3.46. The number of aliphatic hydroxyl groups excluding tert-OH is 1. The van der Waals surface area contributed by atoms with E-state index in [2.05, 4.69) is 21.4 Å². The number of piperidine rings is 1. The molecule has 5 rings (SSSR count). The number of nitrogens with zero attached hydrogens (tertiary/aromatic N) is 4. The molecule has 9 nitrogen and oxygen atoms in total. The van der Waals surface area contributed by atoms with Gasteiger partial charge in [-0.1, -0.05) is 18.2 Å². The van der Waals surface area contributed by atoms with Gasteiger partial charge in [0, 0.05) is 44.9 Å². The first-order valence-corrected chi connectivity index (χ1v) is 11.7. The van der Waals surface area contributed by atoms with E-state index < -0.39 is 0 Å². The smallest absolute Gasteiger partial charge is 0.410 e. The van der Waals surface area contributed by atoms with E-state index in [1.165, 1.54) is 0 Å². The molecule has 178 valence electrons.